The molecular weight excluding hydrogens is 480 g/mol. The third kappa shape index (κ3) is 6.65. The number of nitrogens with zero attached hydrogens (tertiary/aromatic N) is 2. The topological polar surface area (TPSA) is 131 Å². The first-order valence-electron chi connectivity index (χ1n) is 11.1. The molecule has 0 spiro atoms. The van der Waals surface area contributed by atoms with Gasteiger partial charge in [0.2, 0.25) is 0 Å². The molecule has 0 saturated heterocycles. The van der Waals surface area contributed by atoms with E-state index < -0.39 is 15.9 Å². The summed E-state index contributed by atoms with van der Waals surface area (Å²) in [6.07, 6.45) is -0.631. The average molecular weight is 505 g/mol. The second-order valence-electron chi connectivity index (χ2n) is 7.70. The summed E-state index contributed by atoms with van der Waals surface area (Å²) in [6.45, 7) is 0.129. The first-order chi connectivity index (χ1) is 17.4. The van der Waals surface area contributed by atoms with Gasteiger partial charge in [0.05, 0.1) is 22.9 Å². The van der Waals surface area contributed by atoms with Gasteiger partial charge in [-0.1, -0.05) is 36.4 Å². The van der Waals surface area contributed by atoms with E-state index in [1.165, 1.54) is 12.1 Å². The number of benzene rings is 3. The molecule has 0 aliphatic rings. The SMILES string of the molecule is O=C(Nc1ccc(-c2nc(CS(=O)(=O)c3ccccc3)cc(NCCO)n2)cc1)Oc1ccccc1. The van der Waals surface area contributed by atoms with Gasteiger partial charge in [-0.3, -0.25) is 5.32 Å². The fourth-order valence-corrected chi connectivity index (χ4v) is 4.60. The van der Waals surface area contributed by atoms with Gasteiger partial charge in [-0.05, 0) is 48.5 Å². The highest BCUT2D eigenvalue weighted by Gasteiger charge is 2.18. The monoisotopic (exact) mass is 504 g/mol. The fraction of sp³-hybridized carbons (Fsp3) is 0.115. The number of carbonyl (C=O) groups is 1. The molecule has 9 nitrogen and oxygen atoms in total. The molecule has 36 heavy (non-hydrogen) atoms. The standard InChI is InChI=1S/C26H24N4O5S/c31-16-15-27-24-17-21(18-36(33,34)23-9-5-2-6-10-23)28-25(30-24)19-11-13-20(14-12-19)29-26(32)35-22-7-3-1-4-8-22/h1-14,17,31H,15-16,18H2,(H,29,32)(H,27,28,30). The van der Waals surface area contributed by atoms with Crippen molar-refractivity contribution in [3.05, 3.63) is 96.7 Å². The molecular formula is C26H24N4O5S. The van der Waals surface area contributed by atoms with Crippen LogP contribution in [0.1, 0.15) is 5.69 Å². The van der Waals surface area contributed by atoms with Crippen molar-refractivity contribution in [1.29, 1.82) is 0 Å². The molecule has 10 heteroatoms. The number of hydrogen-bond acceptors (Lipinski definition) is 8. The van der Waals surface area contributed by atoms with Crippen molar-refractivity contribution in [2.45, 2.75) is 10.6 Å². The molecule has 4 rings (SSSR count). The van der Waals surface area contributed by atoms with E-state index in [-0.39, 0.29) is 23.8 Å². The Morgan fingerprint density at radius 3 is 2.22 bits per heavy atom. The van der Waals surface area contributed by atoms with Gasteiger partial charge in [0.25, 0.3) is 0 Å². The van der Waals surface area contributed by atoms with Gasteiger partial charge in [0.15, 0.2) is 15.7 Å². The van der Waals surface area contributed by atoms with E-state index in [0.29, 0.717) is 34.3 Å². The molecule has 0 saturated carbocycles. The van der Waals surface area contributed by atoms with Gasteiger partial charge < -0.3 is 15.2 Å². The van der Waals surface area contributed by atoms with Gasteiger partial charge >= 0.3 is 6.09 Å². The number of nitrogens with one attached hydrogen (secondary N) is 2. The van der Waals surface area contributed by atoms with Crippen molar-refractivity contribution in [3.8, 4) is 17.1 Å². The van der Waals surface area contributed by atoms with E-state index in [0.717, 1.165) is 0 Å². The predicted octanol–water partition coefficient (Wildman–Crippen LogP) is 4.13. The number of aliphatic hydroxyl groups excluding tert-OH is 1. The second-order valence-corrected chi connectivity index (χ2v) is 9.69. The number of hydrogen-bond donors (Lipinski definition) is 3. The van der Waals surface area contributed by atoms with Gasteiger partial charge in [-0.2, -0.15) is 0 Å². The Labute approximate surface area is 208 Å². The molecule has 3 aromatic carbocycles. The number of sulfone groups is 1. The third-order valence-electron chi connectivity index (χ3n) is 4.98. The third-order valence-corrected chi connectivity index (χ3v) is 6.65. The number of anilines is 2. The summed E-state index contributed by atoms with van der Waals surface area (Å²) >= 11 is 0. The second kappa shape index (κ2) is 11.4. The maximum atomic E-state index is 12.9. The molecule has 1 aromatic heterocycles. The highest BCUT2D eigenvalue weighted by atomic mass is 32.2. The van der Waals surface area contributed by atoms with E-state index in [2.05, 4.69) is 20.6 Å². The smallest absolute Gasteiger partial charge is 0.410 e. The minimum Gasteiger partial charge on any atom is -0.410 e. The predicted molar refractivity (Wildman–Crippen MR) is 136 cm³/mol. The summed E-state index contributed by atoms with van der Waals surface area (Å²) < 4.78 is 31.0. The zero-order chi connectivity index (χ0) is 25.4. The van der Waals surface area contributed by atoms with Crippen LogP contribution in [0.2, 0.25) is 0 Å². The lowest BCUT2D eigenvalue weighted by Gasteiger charge is -2.11. The molecule has 3 N–H and O–H groups in total. The van der Waals surface area contributed by atoms with Crippen LogP contribution in [0.15, 0.2) is 95.9 Å². The molecule has 0 atom stereocenters. The quantitative estimate of drug-likeness (QED) is 0.310. The summed E-state index contributed by atoms with van der Waals surface area (Å²) in [6, 6.07) is 25.1. The molecule has 0 aliphatic carbocycles. The number of aliphatic hydroxyl groups is 1. The summed E-state index contributed by atoms with van der Waals surface area (Å²) in [7, 11) is -3.62. The number of aromatic nitrogens is 2. The van der Waals surface area contributed by atoms with E-state index in [1.807, 2.05) is 6.07 Å². The molecule has 4 aromatic rings. The van der Waals surface area contributed by atoms with Crippen LogP contribution in [0, 0.1) is 0 Å². The Morgan fingerprint density at radius 2 is 1.56 bits per heavy atom. The Bertz CT molecular complexity index is 1410. The van der Waals surface area contributed by atoms with Crippen LogP contribution >= 0.6 is 0 Å². The van der Waals surface area contributed by atoms with Gasteiger partial charge in [-0.15, -0.1) is 0 Å². The highest BCUT2D eigenvalue weighted by Crippen LogP contribution is 2.23. The lowest BCUT2D eigenvalue weighted by Crippen LogP contribution is -2.16. The maximum absolute atomic E-state index is 12.9. The number of amides is 1. The number of para-hydroxylation sites is 1. The number of rotatable bonds is 9. The van der Waals surface area contributed by atoms with Crippen LogP contribution in [-0.2, 0) is 15.6 Å². The van der Waals surface area contributed by atoms with Gasteiger partial charge in [-0.25, -0.2) is 23.2 Å². The first kappa shape index (κ1) is 24.8. The molecule has 0 unspecified atom stereocenters. The summed E-state index contributed by atoms with van der Waals surface area (Å²) in [5.74, 6) is 0.798. The lowest BCUT2D eigenvalue weighted by atomic mass is 10.2. The van der Waals surface area contributed by atoms with E-state index in [1.54, 1.807) is 72.8 Å². The van der Waals surface area contributed by atoms with Crippen molar-refractivity contribution >= 4 is 27.4 Å². The van der Waals surface area contributed by atoms with E-state index in [4.69, 9.17) is 9.84 Å². The van der Waals surface area contributed by atoms with Crippen LogP contribution in [-0.4, -0.2) is 42.7 Å². The zero-order valence-electron chi connectivity index (χ0n) is 19.2. The van der Waals surface area contributed by atoms with E-state index in [9.17, 15) is 13.2 Å². The Morgan fingerprint density at radius 1 is 0.889 bits per heavy atom. The molecule has 0 aliphatic heterocycles. The normalized spacial score (nSPS) is 11.0. The molecule has 1 amide bonds. The molecule has 184 valence electrons. The molecule has 0 bridgehead atoms. The van der Waals surface area contributed by atoms with Crippen molar-refractivity contribution in [2.24, 2.45) is 0 Å². The molecule has 0 fully saturated rings. The minimum absolute atomic E-state index is 0.115. The average Bonchev–Trinajstić information content (AvgIpc) is 2.88. The van der Waals surface area contributed by atoms with Crippen LogP contribution in [0.25, 0.3) is 11.4 Å². The number of carbonyl (C=O) groups excluding carboxylic acids is 1. The highest BCUT2D eigenvalue weighted by molar-refractivity contribution is 7.90. The van der Waals surface area contributed by atoms with Crippen LogP contribution < -0.4 is 15.4 Å². The van der Waals surface area contributed by atoms with Crippen LogP contribution in [0.5, 0.6) is 5.75 Å². The molecule has 1 heterocycles. The van der Waals surface area contributed by atoms with Crippen molar-refractivity contribution in [1.82, 2.24) is 9.97 Å². The number of ether oxygens (including phenoxy) is 1. The zero-order valence-corrected chi connectivity index (χ0v) is 20.0. The summed E-state index contributed by atoms with van der Waals surface area (Å²) in [5, 5.41) is 14.8. The van der Waals surface area contributed by atoms with Gasteiger partial charge in [0.1, 0.15) is 11.6 Å². The Hall–Kier alpha value is -4.28. The van der Waals surface area contributed by atoms with E-state index >= 15 is 0 Å². The minimum atomic E-state index is -3.62. The largest absolute Gasteiger partial charge is 0.417 e. The van der Waals surface area contributed by atoms with Crippen molar-refractivity contribution in [2.75, 3.05) is 23.8 Å². The van der Waals surface area contributed by atoms with Crippen LogP contribution in [0.4, 0.5) is 16.3 Å². The summed E-state index contributed by atoms with van der Waals surface area (Å²) in [5.41, 5.74) is 1.42. The first-order valence-corrected chi connectivity index (χ1v) is 12.7. The molecule has 0 radical (unpaired) electrons. The van der Waals surface area contributed by atoms with Crippen LogP contribution in [0.3, 0.4) is 0 Å². The maximum Gasteiger partial charge on any atom is 0.417 e. The van der Waals surface area contributed by atoms with Crippen molar-refractivity contribution in [3.63, 3.8) is 0 Å². The van der Waals surface area contributed by atoms with Crippen molar-refractivity contribution < 1.29 is 23.1 Å². The Kier molecular flexibility index (Phi) is 7.89. The lowest BCUT2D eigenvalue weighted by molar-refractivity contribution is 0.215. The summed E-state index contributed by atoms with van der Waals surface area (Å²) in [4.78, 5) is 21.2. The van der Waals surface area contributed by atoms with Gasteiger partial charge in [0, 0.05) is 23.9 Å². The Balaban J connectivity index is 1.54. The fourth-order valence-electron chi connectivity index (χ4n) is 3.32.